The zero-order valence-electron chi connectivity index (χ0n) is 11.6. The van der Waals surface area contributed by atoms with Crippen molar-refractivity contribution in [2.75, 3.05) is 13.1 Å². The van der Waals surface area contributed by atoms with Gasteiger partial charge in [-0.1, -0.05) is 0 Å². The molecule has 9 nitrogen and oxygen atoms in total. The van der Waals surface area contributed by atoms with Crippen LogP contribution >= 0.6 is 0 Å². The van der Waals surface area contributed by atoms with Crippen LogP contribution in [-0.4, -0.2) is 58.9 Å². The summed E-state index contributed by atoms with van der Waals surface area (Å²) in [5.74, 6) is -2.65. The normalized spacial score (nSPS) is 19.1. The molecule has 3 amide bonds. The third kappa shape index (κ3) is 5.03. The molecule has 118 valence electrons. The highest BCUT2D eigenvalue weighted by Gasteiger charge is 2.33. The van der Waals surface area contributed by atoms with Crippen molar-refractivity contribution in [3.8, 4) is 0 Å². The molecule has 0 aromatic heterocycles. The van der Waals surface area contributed by atoms with E-state index in [0.29, 0.717) is 19.4 Å². The van der Waals surface area contributed by atoms with Crippen LogP contribution in [0.4, 0.5) is 0 Å². The van der Waals surface area contributed by atoms with E-state index in [-0.39, 0.29) is 19.4 Å². The fraction of sp³-hybridized carbons (Fsp3) is 0.667. The summed E-state index contributed by atoms with van der Waals surface area (Å²) >= 11 is 0. The smallest absolute Gasteiger partial charge is 0.326 e. The Kier molecular flexibility index (Phi) is 6.10. The minimum Gasteiger partial charge on any atom is -0.480 e. The van der Waals surface area contributed by atoms with Gasteiger partial charge in [0.1, 0.15) is 6.04 Å². The number of aliphatic carboxylic acids is 1. The van der Waals surface area contributed by atoms with Gasteiger partial charge in [0.2, 0.25) is 17.7 Å². The van der Waals surface area contributed by atoms with E-state index >= 15 is 0 Å². The molecule has 1 saturated heterocycles. The van der Waals surface area contributed by atoms with Gasteiger partial charge in [0.25, 0.3) is 0 Å². The quantitative estimate of drug-likeness (QED) is 0.417. The summed E-state index contributed by atoms with van der Waals surface area (Å²) in [6.07, 6.45) is 1.11. The van der Waals surface area contributed by atoms with Crippen LogP contribution in [0.1, 0.15) is 25.7 Å². The lowest BCUT2D eigenvalue weighted by Crippen LogP contribution is -2.48. The Morgan fingerprint density at radius 2 is 2.00 bits per heavy atom. The molecular weight excluding hydrogens is 280 g/mol. The first-order chi connectivity index (χ1) is 9.82. The second kappa shape index (κ2) is 7.58. The summed E-state index contributed by atoms with van der Waals surface area (Å²) < 4.78 is 0. The molecule has 0 aliphatic carbocycles. The number of carbonyl (C=O) groups excluding carboxylic acids is 3. The van der Waals surface area contributed by atoms with Gasteiger partial charge in [-0.05, 0) is 19.3 Å². The van der Waals surface area contributed by atoms with Crippen molar-refractivity contribution in [1.29, 1.82) is 0 Å². The van der Waals surface area contributed by atoms with Crippen LogP contribution in [0.2, 0.25) is 0 Å². The number of primary amides is 1. The first kappa shape index (κ1) is 16.9. The summed E-state index contributed by atoms with van der Waals surface area (Å²) in [5.41, 5.74) is 10.5. The lowest BCUT2D eigenvalue weighted by Gasteiger charge is -2.22. The van der Waals surface area contributed by atoms with Crippen LogP contribution in [0.25, 0.3) is 0 Å². The highest BCUT2D eigenvalue weighted by Crippen LogP contribution is 2.17. The van der Waals surface area contributed by atoms with Gasteiger partial charge in [-0.2, -0.15) is 0 Å². The standard InChI is InChI=1S/C12H20N4O5/c13-7(3-4-9(14)17)11(19)15-6-10(18)16-5-1-2-8(16)12(20)21/h7-8H,1-6,13H2,(H2,14,17)(H,15,19)(H,20,21)/t7-,8-/m0/s1. The van der Waals surface area contributed by atoms with Crippen LogP contribution in [-0.2, 0) is 19.2 Å². The first-order valence-corrected chi connectivity index (χ1v) is 6.66. The Labute approximate surface area is 121 Å². The maximum Gasteiger partial charge on any atom is 0.326 e. The molecule has 1 aliphatic rings. The van der Waals surface area contributed by atoms with E-state index in [1.165, 1.54) is 4.90 Å². The van der Waals surface area contributed by atoms with Gasteiger partial charge < -0.3 is 26.8 Å². The number of nitrogens with one attached hydrogen (secondary N) is 1. The number of hydrogen-bond donors (Lipinski definition) is 4. The number of nitrogens with zero attached hydrogens (tertiary/aromatic N) is 1. The van der Waals surface area contributed by atoms with Crippen LogP contribution in [0, 0.1) is 0 Å². The highest BCUT2D eigenvalue weighted by molar-refractivity contribution is 5.90. The van der Waals surface area contributed by atoms with E-state index in [0.717, 1.165) is 0 Å². The molecule has 21 heavy (non-hydrogen) atoms. The van der Waals surface area contributed by atoms with Gasteiger partial charge in [-0.15, -0.1) is 0 Å². The minimum atomic E-state index is -1.05. The number of rotatable bonds is 7. The number of carboxylic acid groups (broad SMARTS) is 1. The van der Waals surface area contributed by atoms with Crippen molar-refractivity contribution < 1.29 is 24.3 Å². The molecule has 0 aromatic carbocycles. The third-order valence-electron chi connectivity index (χ3n) is 3.31. The Balaban J connectivity index is 2.40. The number of hydrogen-bond acceptors (Lipinski definition) is 5. The van der Waals surface area contributed by atoms with Gasteiger partial charge in [0.05, 0.1) is 12.6 Å². The second-order valence-electron chi connectivity index (χ2n) is 4.91. The fourth-order valence-corrected chi connectivity index (χ4v) is 2.15. The fourth-order valence-electron chi connectivity index (χ4n) is 2.15. The molecule has 0 radical (unpaired) electrons. The molecule has 9 heteroatoms. The van der Waals surface area contributed by atoms with Crippen molar-refractivity contribution in [3.05, 3.63) is 0 Å². The monoisotopic (exact) mass is 300 g/mol. The summed E-state index contributed by atoms with van der Waals surface area (Å²) in [6.45, 7) is 0.0479. The zero-order valence-corrected chi connectivity index (χ0v) is 11.6. The average molecular weight is 300 g/mol. The lowest BCUT2D eigenvalue weighted by molar-refractivity contribution is -0.148. The van der Waals surface area contributed by atoms with E-state index in [1.54, 1.807) is 0 Å². The van der Waals surface area contributed by atoms with Gasteiger partial charge in [0.15, 0.2) is 0 Å². The number of amides is 3. The predicted octanol–water partition coefficient (Wildman–Crippen LogP) is -2.23. The molecule has 2 atom stereocenters. The van der Waals surface area contributed by atoms with Crippen molar-refractivity contribution in [3.63, 3.8) is 0 Å². The Morgan fingerprint density at radius 3 is 2.57 bits per heavy atom. The van der Waals surface area contributed by atoms with E-state index in [4.69, 9.17) is 16.6 Å². The molecular formula is C12H20N4O5. The Bertz CT molecular complexity index is 439. The molecule has 0 saturated carbocycles. The summed E-state index contributed by atoms with van der Waals surface area (Å²) in [5, 5.41) is 11.3. The molecule has 0 unspecified atom stereocenters. The number of carbonyl (C=O) groups is 4. The van der Waals surface area contributed by atoms with Crippen LogP contribution in [0.15, 0.2) is 0 Å². The molecule has 0 bridgehead atoms. The SMILES string of the molecule is NC(=O)CC[C@H](N)C(=O)NCC(=O)N1CCC[C@H]1C(=O)O. The van der Waals surface area contributed by atoms with E-state index < -0.39 is 35.8 Å². The summed E-state index contributed by atoms with van der Waals surface area (Å²) in [7, 11) is 0. The molecule has 1 aliphatic heterocycles. The molecule has 0 aromatic rings. The first-order valence-electron chi connectivity index (χ1n) is 6.66. The molecule has 0 spiro atoms. The van der Waals surface area contributed by atoms with E-state index in [1.807, 2.05) is 0 Å². The maximum atomic E-state index is 11.9. The molecule has 6 N–H and O–H groups in total. The van der Waals surface area contributed by atoms with Crippen molar-refractivity contribution in [1.82, 2.24) is 10.2 Å². The van der Waals surface area contributed by atoms with E-state index in [2.05, 4.69) is 5.32 Å². The summed E-state index contributed by atoms with van der Waals surface area (Å²) in [6, 6.07) is -1.77. The van der Waals surface area contributed by atoms with Gasteiger partial charge in [-0.25, -0.2) is 4.79 Å². The number of carboxylic acids is 1. The van der Waals surface area contributed by atoms with Crippen LogP contribution < -0.4 is 16.8 Å². The van der Waals surface area contributed by atoms with Crippen LogP contribution in [0.3, 0.4) is 0 Å². The number of likely N-dealkylation sites (tertiary alicyclic amines) is 1. The number of nitrogens with two attached hydrogens (primary N) is 2. The predicted molar refractivity (Wildman–Crippen MR) is 71.8 cm³/mol. The largest absolute Gasteiger partial charge is 0.480 e. The topological polar surface area (TPSA) is 156 Å². The molecule has 1 heterocycles. The Hall–Kier alpha value is -2.16. The maximum absolute atomic E-state index is 11.9. The minimum absolute atomic E-state index is 0.0181. The van der Waals surface area contributed by atoms with Gasteiger partial charge >= 0.3 is 5.97 Å². The molecule has 1 fully saturated rings. The summed E-state index contributed by atoms with van der Waals surface area (Å²) in [4.78, 5) is 46.3. The van der Waals surface area contributed by atoms with Gasteiger partial charge in [-0.3, -0.25) is 14.4 Å². The van der Waals surface area contributed by atoms with Crippen LogP contribution in [0.5, 0.6) is 0 Å². The van der Waals surface area contributed by atoms with Crippen molar-refractivity contribution in [2.24, 2.45) is 11.5 Å². The highest BCUT2D eigenvalue weighted by atomic mass is 16.4. The van der Waals surface area contributed by atoms with Gasteiger partial charge in [0, 0.05) is 13.0 Å². The average Bonchev–Trinajstić information content (AvgIpc) is 2.91. The third-order valence-corrected chi connectivity index (χ3v) is 3.31. The van der Waals surface area contributed by atoms with Crippen molar-refractivity contribution in [2.45, 2.75) is 37.8 Å². The lowest BCUT2D eigenvalue weighted by atomic mass is 10.1. The van der Waals surface area contributed by atoms with Crippen molar-refractivity contribution >= 4 is 23.7 Å². The molecule has 1 rings (SSSR count). The van der Waals surface area contributed by atoms with E-state index in [9.17, 15) is 19.2 Å². The Morgan fingerprint density at radius 1 is 1.33 bits per heavy atom. The zero-order chi connectivity index (χ0) is 16.0. The second-order valence-corrected chi connectivity index (χ2v) is 4.91.